The Labute approximate surface area is 210 Å². The number of benzene rings is 1. The summed E-state index contributed by atoms with van der Waals surface area (Å²) in [5, 5.41) is 4.98. The number of imide groups is 2. The number of amides is 5. The summed E-state index contributed by atoms with van der Waals surface area (Å²) in [6.07, 6.45) is 0.632. The van der Waals surface area contributed by atoms with Gasteiger partial charge < -0.3 is 15.0 Å². The summed E-state index contributed by atoms with van der Waals surface area (Å²) < 4.78 is 5.24. The van der Waals surface area contributed by atoms with Crippen LogP contribution in [-0.2, 0) is 14.3 Å². The normalized spacial score (nSPS) is 20.9. The molecule has 11 heteroatoms. The Morgan fingerprint density at radius 1 is 1.06 bits per heavy atom. The molecule has 2 N–H and O–H groups in total. The zero-order chi connectivity index (χ0) is 26.0. The first-order valence-corrected chi connectivity index (χ1v) is 12.3. The molecule has 0 radical (unpaired) electrons. The minimum Gasteiger partial charge on any atom is -0.444 e. The third-order valence-corrected chi connectivity index (χ3v) is 6.48. The fourth-order valence-corrected chi connectivity index (χ4v) is 4.69. The molecule has 3 aliphatic rings. The van der Waals surface area contributed by atoms with Crippen molar-refractivity contribution in [1.29, 1.82) is 0 Å². The van der Waals surface area contributed by atoms with Crippen molar-refractivity contribution < 1.29 is 28.7 Å². The summed E-state index contributed by atoms with van der Waals surface area (Å²) in [5.41, 5.74) is 0.910. The molecule has 0 aromatic heterocycles. The van der Waals surface area contributed by atoms with Crippen LogP contribution in [0.5, 0.6) is 0 Å². The van der Waals surface area contributed by atoms with Crippen LogP contribution in [0.1, 0.15) is 60.7 Å². The second kappa shape index (κ2) is 10.3. The summed E-state index contributed by atoms with van der Waals surface area (Å²) in [6, 6.07) is 4.23. The van der Waals surface area contributed by atoms with Crippen molar-refractivity contribution in [3.63, 3.8) is 0 Å². The van der Waals surface area contributed by atoms with Crippen LogP contribution in [-0.4, -0.2) is 90.4 Å². The highest BCUT2D eigenvalue weighted by Crippen LogP contribution is 2.31. The molecule has 1 unspecified atom stereocenters. The first kappa shape index (κ1) is 25.6. The molecule has 11 nitrogen and oxygen atoms in total. The molecule has 3 aliphatic heterocycles. The molecule has 1 aromatic carbocycles. The first-order chi connectivity index (χ1) is 17.0. The summed E-state index contributed by atoms with van der Waals surface area (Å²) in [5.74, 6) is -2.00. The number of carbonyl (C=O) groups is 5. The third kappa shape index (κ3) is 5.67. The average molecular weight is 500 g/mol. The lowest BCUT2D eigenvalue weighted by Gasteiger charge is -2.36. The van der Waals surface area contributed by atoms with Crippen LogP contribution < -0.4 is 15.5 Å². The van der Waals surface area contributed by atoms with Gasteiger partial charge in [0.15, 0.2) is 0 Å². The standard InChI is InChI=1S/C25H33N5O6/c1-25(2,3)36-24(35)26-9-4-10-28-11-13-29(14-12-28)16-5-6-17-18(15-16)23(34)30(22(17)33)19-7-8-20(31)27-21(19)32/h5-6,15,19H,4,7-14H2,1-3H3,(H,26,35)(H,27,31,32). The highest BCUT2D eigenvalue weighted by Gasteiger charge is 2.44. The van der Waals surface area contributed by atoms with Crippen LogP contribution in [0.2, 0.25) is 0 Å². The van der Waals surface area contributed by atoms with E-state index in [9.17, 15) is 24.0 Å². The topological polar surface area (TPSA) is 128 Å². The highest BCUT2D eigenvalue weighted by atomic mass is 16.6. The van der Waals surface area contributed by atoms with E-state index < -0.39 is 41.4 Å². The number of alkyl carbamates (subject to hydrolysis) is 1. The van der Waals surface area contributed by atoms with Crippen molar-refractivity contribution >= 4 is 35.4 Å². The second-order valence-electron chi connectivity index (χ2n) is 10.3. The van der Waals surface area contributed by atoms with E-state index in [1.54, 1.807) is 12.1 Å². The molecule has 1 aromatic rings. The van der Waals surface area contributed by atoms with Gasteiger partial charge >= 0.3 is 6.09 Å². The summed E-state index contributed by atoms with van der Waals surface area (Å²) in [6.45, 7) is 10.1. The smallest absolute Gasteiger partial charge is 0.407 e. The average Bonchev–Trinajstić information content (AvgIpc) is 3.06. The van der Waals surface area contributed by atoms with Gasteiger partial charge in [-0.15, -0.1) is 0 Å². The highest BCUT2D eigenvalue weighted by molar-refractivity contribution is 6.23. The lowest BCUT2D eigenvalue weighted by molar-refractivity contribution is -0.136. The molecule has 4 rings (SSSR count). The molecule has 3 heterocycles. The van der Waals surface area contributed by atoms with Crippen molar-refractivity contribution in [3.8, 4) is 0 Å². The van der Waals surface area contributed by atoms with Gasteiger partial charge in [-0.1, -0.05) is 0 Å². The van der Waals surface area contributed by atoms with Gasteiger partial charge in [0.05, 0.1) is 11.1 Å². The van der Waals surface area contributed by atoms with E-state index in [4.69, 9.17) is 4.74 Å². The minimum atomic E-state index is -0.966. The number of carbonyl (C=O) groups excluding carboxylic acids is 5. The Morgan fingerprint density at radius 3 is 2.42 bits per heavy atom. The van der Waals surface area contributed by atoms with Crippen molar-refractivity contribution in [2.45, 2.75) is 51.7 Å². The lowest BCUT2D eigenvalue weighted by Crippen LogP contribution is -2.54. The molecule has 0 bridgehead atoms. The molecule has 0 aliphatic carbocycles. The van der Waals surface area contributed by atoms with E-state index in [1.807, 2.05) is 26.8 Å². The van der Waals surface area contributed by atoms with Crippen LogP contribution in [0.4, 0.5) is 10.5 Å². The second-order valence-corrected chi connectivity index (χ2v) is 10.3. The predicted molar refractivity (Wildman–Crippen MR) is 131 cm³/mol. The van der Waals surface area contributed by atoms with E-state index in [1.165, 1.54) is 0 Å². The van der Waals surface area contributed by atoms with Gasteiger partial charge in [-0.3, -0.25) is 34.3 Å². The Kier molecular flexibility index (Phi) is 7.30. The van der Waals surface area contributed by atoms with Crippen LogP contribution >= 0.6 is 0 Å². The fraction of sp³-hybridized carbons (Fsp3) is 0.560. The fourth-order valence-electron chi connectivity index (χ4n) is 4.69. The molecule has 0 saturated carbocycles. The maximum absolute atomic E-state index is 13.1. The number of hydrogen-bond donors (Lipinski definition) is 2. The molecule has 2 saturated heterocycles. The molecule has 0 spiro atoms. The number of fused-ring (bicyclic) bond motifs is 1. The van der Waals surface area contributed by atoms with Gasteiger partial charge in [0.1, 0.15) is 11.6 Å². The van der Waals surface area contributed by atoms with E-state index in [2.05, 4.69) is 20.4 Å². The summed E-state index contributed by atoms with van der Waals surface area (Å²) in [4.78, 5) is 66.9. The third-order valence-electron chi connectivity index (χ3n) is 6.48. The number of hydrogen-bond acceptors (Lipinski definition) is 8. The molecule has 2 fully saturated rings. The van der Waals surface area contributed by atoms with E-state index in [0.29, 0.717) is 6.54 Å². The van der Waals surface area contributed by atoms with Crippen molar-refractivity contribution in [2.24, 2.45) is 0 Å². The van der Waals surface area contributed by atoms with Gasteiger partial charge in [-0.2, -0.15) is 0 Å². The van der Waals surface area contributed by atoms with Crippen molar-refractivity contribution in [2.75, 3.05) is 44.2 Å². The molecule has 5 amide bonds. The number of anilines is 1. The number of piperazine rings is 1. The van der Waals surface area contributed by atoms with Crippen LogP contribution in [0.15, 0.2) is 18.2 Å². The van der Waals surface area contributed by atoms with Crippen LogP contribution in [0, 0.1) is 0 Å². The van der Waals surface area contributed by atoms with Crippen molar-refractivity contribution in [1.82, 2.24) is 20.4 Å². The van der Waals surface area contributed by atoms with Gasteiger partial charge in [-0.05, 0) is 58.4 Å². The van der Waals surface area contributed by atoms with E-state index in [0.717, 1.165) is 49.7 Å². The number of piperidine rings is 1. The maximum Gasteiger partial charge on any atom is 0.407 e. The van der Waals surface area contributed by atoms with Crippen LogP contribution in [0.3, 0.4) is 0 Å². The Hall–Kier alpha value is -3.47. The Balaban J connectivity index is 1.29. The Bertz CT molecular complexity index is 1070. The first-order valence-electron chi connectivity index (χ1n) is 12.3. The van der Waals surface area contributed by atoms with Crippen LogP contribution in [0.25, 0.3) is 0 Å². The number of ether oxygens (including phenoxy) is 1. The molecular formula is C25H33N5O6. The van der Waals surface area contributed by atoms with E-state index in [-0.39, 0.29) is 24.0 Å². The maximum atomic E-state index is 13.1. The molecular weight excluding hydrogens is 466 g/mol. The van der Waals surface area contributed by atoms with E-state index >= 15 is 0 Å². The van der Waals surface area contributed by atoms with Gasteiger partial charge in [0.25, 0.3) is 11.8 Å². The van der Waals surface area contributed by atoms with Gasteiger partial charge in [0.2, 0.25) is 11.8 Å². The molecule has 36 heavy (non-hydrogen) atoms. The largest absolute Gasteiger partial charge is 0.444 e. The summed E-state index contributed by atoms with van der Waals surface area (Å²) in [7, 11) is 0. The van der Waals surface area contributed by atoms with Crippen molar-refractivity contribution in [3.05, 3.63) is 29.3 Å². The molecule has 1 atom stereocenters. The predicted octanol–water partition coefficient (Wildman–Crippen LogP) is 1.12. The zero-order valence-corrected chi connectivity index (χ0v) is 21.0. The SMILES string of the molecule is CC(C)(C)OC(=O)NCCCN1CCN(c2ccc3c(c2)C(=O)N(C2CCC(=O)NC2=O)C3=O)CC1. The quantitative estimate of drug-likeness (QED) is 0.440. The molecule has 194 valence electrons. The zero-order valence-electron chi connectivity index (χ0n) is 21.0. The lowest BCUT2D eigenvalue weighted by atomic mass is 10.0. The number of nitrogens with zero attached hydrogens (tertiary/aromatic N) is 3. The number of nitrogens with one attached hydrogen (secondary N) is 2. The Morgan fingerprint density at radius 2 is 1.75 bits per heavy atom. The minimum absolute atomic E-state index is 0.0937. The van der Waals surface area contributed by atoms with Gasteiger partial charge in [-0.25, -0.2) is 4.79 Å². The van der Waals surface area contributed by atoms with Gasteiger partial charge in [0, 0.05) is 44.8 Å². The summed E-state index contributed by atoms with van der Waals surface area (Å²) >= 11 is 0. The number of rotatable bonds is 6. The monoisotopic (exact) mass is 499 g/mol.